The van der Waals surface area contributed by atoms with E-state index in [1.165, 1.54) is 4.90 Å². The third-order valence-electron chi connectivity index (χ3n) is 4.16. The number of carbonyl (C=O) groups excluding carboxylic acids is 1. The highest BCUT2D eigenvalue weighted by molar-refractivity contribution is 6.09. The molecule has 0 aromatic heterocycles. The number of allylic oxidation sites excluding steroid dienone is 1. The molecule has 1 saturated carbocycles. The van der Waals surface area contributed by atoms with Gasteiger partial charge in [0.1, 0.15) is 5.70 Å². The maximum absolute atomic E-state index is 11.9. The Balaban J connectivity index is 2.07. The molecule has 0 bridgehead atoms. The number of hydrogen-bond acceptors (Lipinski definition) is 2. The summed E-state index contributed by atoms with van der Waals surface area (Å²) >= 11 is 0. The second-order valence-electron chi connectivity index (χ2n) is 4.90. The lowest BCUT2D eigenvalue weighted by Crippen LogP contribution is -2.54. The molecule has 0 radical (unpaired) electrons. The van der Waals surface area contributed by atoms with Crippen LogP contribution in [0, 0.1) is 5.92 Å². The van der Waals surface area contributed by atoms with Gasteiger partial charge in [-0.3, -0.25) is 9.69 Å². The molecule has 17 heavy (non-hydrogen) atoms. The van der Waals surface area contributed by atoms with E-state index < -0.39 is 5.97 Å². The summed E-state index contributed by atoms with van der Waals surface area (Å²) in [5.41, 5.74) is 2.07. The molecule has 1 amide bonds. The van der Waals surface area contributed by atoms with Gasteiger partial charge in [-0.15, -0.1) is 0 Å². The van der Waals surface area contributed by atoms with E-state index in [9.17, 15) is 14.7 Å². The van der Waals surface area contributed by atoms with E-state index in [-0.39, 0.29) is 23.6 Å². The maximum atomic E-state index is 11.9. The van der Waals surface area contributed by atoms with Crippen LogP contribution in [-0.2, 0) is 9.59 Å². The Morgan fingerprint density at radius 3 is 2.88 bits per heavy atom. The van der Waals surface area contributed by atoms with Crippen LogP contribution in [0.25, 0.3) is 0 Å². The molecule has 3 aliphatic rings. The van der Waals surface area contributed by atoms with Gasteiger partial charge < -0.3 is 5.11 Å². The summed E-state index contributed by atoms with van der Waals surface area (Å²) < 4.78 is 0. The standard InChI is InChI=1S/C13H15NO3/c1-2-7-10-8-5-3-4-6-9(8)11(13(16)17)14(10)12(7)15/h2,8,10H,3-6H2,1H3,(H,16,17)/b7-2+/t8-,10+/m1/s1. The van der Waals surface area contributed by atoms with Crippen molar-refractivity contribution in [3.63, 3.8) is 0 Å². The summed E-state index contributed by atoms with van der Waals surface area (Å²) in [5, 5.41) is 9.28. The van der Waals surface area contributed by atoms with Crippen molar-refractivity contribution in [3.8, 4) is 0 Å². The fraction of sp³-hybridized carbons (Fsp3) is 0.538. The zero-order valence-electron chi connectivity index (χ0n) is 9.77. The number of rotatable bonds is 1. The Kier molecular flexibility index (Phi) is 2.15. The van der Waals surface area contributed by atoms with E-state index in [1.807, 2.05) is 13.0 Å². The highest BCUT2D eigenvalue weighted by Gasteiger charge is 2.56. The van der Waals surface area contributed by atoms with E-state index in [2.05, 4.69) is 0 Å². The second-order valence-corrected chi connectivity index (χ2v) is 4.90. The number of β-lactam (4-membered cyclic amide) rings is 1. The number of hydrogen-bond donors (Lipinski definition) is 1. The van der Waals surface area contributed by atoms with E-state index in [0.29, 0.717) is 0 Å². The Bertz CT molecular complexity index is 475. The van der Waals surface area contributed by atoms with Gasteiger partial charge in [-0.2, -0.15) is 0 Å². The van der Waals surface area contributed by atoms with E-state index in [4.69, 9.17) is 0 Å². The minimum Gasteiger partial charge on any atom is -0.477 e. The van der Waals surface area contributed by atoms with Gasteiger partial charge in [0.15, 0.2) is 0 Å². The highest BCUT2D eigenvalue weighted by atomic mass is 16.4. The van der Waals surface area contributed by atoms with Crippen molar-refractivity contribution < 1.29 is 14.7 Å². The second kappa shape index (κ2) is 3.45. The average molecular weight is 233 g/mol. The van der Waals surface area contributed by atoms with Gasteiger partial charge in [0.25, 0.3) is 5.91 Å². The van der Waals surface area contributed by atoms with Gasteiger partial charge >= 0.3 is 5.97 Å². The fourth-order valence-corrected chi connectivity index (χ4v) is 3.47. The number of aliphatic carboxylic acids is 1. The van der Waals surface area contributed by atoms with Crippen molar-refractivity contribution >= 4 is 11.9 Å². The number of carboxylic acids is 1. The normalized spacial score (nSPS) is 33.6. The molecule has 1 saturated heterocycles. The molecule has 2 aliphatic heterocycles. The molecule has 2 fully saturated rings. The summed E-state index contributed by atoms with van der Waals surface area (Å²) in [4.78, 5) is 24.7. The monoisotopic (exact) mass is 233 g/mol. The summed E-state index contributed by atoms with van der Waals surface area (Å²) in [5.74, 6) is -0.798. The zero-order chi connectivity index (χ0) is 12.2. The molecule has 2 atom stereocenters. The van der Waals surface area contributed by atoms with E-state index in [0.717, 1.165) is 36.8 Å². The number of nitrogens with zero attached hydrogens (tertiary/aromatic N) is 1. The third-order valence-corrected chi connectivity index (χ3v) is 4.16. The molecule has 0 spiro atoms. The number of fused-ring (bicyclic) bond motifs is 3. The molecule has 2 heterocycles. The Labute approximate surface area is 99.6 Å². The first-order valence-electron chi connectivity index (χ1n) is 6.13. The topological polar surface area (TPSA) is 57.6 Å². The van der Waals surface area contributed by atoms with Crippen LogP contribution in [0.2, 0.25) is 0 Å². The van der Waals surface area contributed by atoms with E-state index >= 15 is 0 Å². The number of carboxylic acid groups (broad SMARTS) is 1. The summed E-state index contributed by atoms with van der Waals surface area (Å²) in [7, 11) is 0. The van der Waals surface area contributed by atoms with E-state index in [1.54, 1.807) is 0 Å². The van der Waals surface area contributed by atoms with Crippen molar-refractivity contribution in [3.05, 3.63) is 22.9 Å². The minimum absolute atomic E-state index is 0.0221. The van der Waals surface area contributed by atoms with Gasteiger partial charge in [0.2, 0.25) is 0 Å². The molecule has 0 aromatic carbocycles. The van der Waals surface area contributed by atoms with Crippen LogP contribution in [0.1, 0.15) is 32.6 Å². The molecule has 1 N–H and O–H groups in total. The highest BCUT2D eigenvalue weighted by Crippen LogP contribution is 2.50. The quantitative estimate of drug-likeness (QED) is 0.554. The lowest BCUT2D eigenvalue weighted by molar-refractivity contribution is -0.142. The average Bonchev–Trinajstić information content (AvgIpc) is 2.61. The van der Waals surface area contributed by atoms with Gasteiger partial charge in [-0.05, 0) is 31.8 Å². The van der Waals surface area contributed by atoms with Crippen molar-refractivity contribution in [2.75, 3.05) is 0 Å². The first kappa shape index (κ1) is 10.6. The van der Waals surface area contributed by atoms with Crippen molar-refractivity contribution in [2.24, 2.45) is 5.92 Å². The molecule has 90 valence electrons. The summed E-state index contributed by atoms with van der Waals surface area (Å²) in [6.07, 6.45) is 5.86. The predicted molar refractivity (Wildman–Crippen MR) is 61.0 cm³/mol. The van der Waals surface area contributed by atoms with Crippen LogP contribution in [0.5, 0.6) is 0 Å². The third kappa shape index (κ3) is 1.18. The van der Waals surface area contributed by atoms with Crippen molar-refractivity contribution in [1.29, 1.82) is 0 Å². The molecule has 0 aromatic rings. The molecular weight excluding hydrogens is 218 g/mol. The molecule has 4 heteroatoms. The van der Waals surface area contributed by atoms with Crippen LogP contribution in [0.4, 0.5) is 0 Å². The Morgan fingerprint density at radius 1 is 1.47 bits per heavy atom. The molecule has 4 nitrogen and oxygen atoms in total. The van der Waals surface area contributed by atoms with Gasteiger partial charge in [0.05, 0.1) is 6.04 Å². The van der Waals surface area contributed by atoms with Crippen LogP contribution in [0.3, 0.4) is 0 Å². The van der Waals surface area contributed by atoms with Crippen LogP contribution >= 0.6 is 0 Å². The van der Waals surface area contributed by atoms with Crippen LogP contribution in [0.15, 0.2) is 22.9 Å². The summed E-state index contributed by atoms with van der Waals surface area (Å²) in [6, 6.07) is 0.0221. The number of carbonyl (C=O) groups is 2. The van der Waals surface area contributed by atoms with Crippen LogP contribution in [-0.4, -0.2) is 27.9 Å². The predicted octanol–water partition coefficient (Wildman–Crippen LogP) is 1.69. The molecule has 0 unspecified atom stereocenters. The first-order valence-corrected chi connectivity index (χ1v) is 6.13. The smallest absolute Gasteiger partial charge is 0.352 e. The maximum Gasteiger partial charge on any atom is 0.352 e. The molecule has 3 rings (SSSR count). The number of amides is 1. The zero-order valence-corrected chi connectivity index (χ0v) is 9.77. The molecular formula is C13H15NO3. The first-order chi connectivity index (χ1) is 8.16. The van der Waals surface area contributed by atoms with Gasteiger partial charge in [0, 0.05) is 11.5 Å². The largest absolute Gasteiger partial charge is 0.477 e. The lowest BCUT2D eigenvalue weighted by Gasteiger charge is -2.41. The van der Waals surface area contributed by atoms with Crippen LogP contribution < -0.4 is 0 Å². The van der Waals surface area contributed by atoms with Gasteiger partial charge in [-0.1, -0.05) is 12.5 Å². The fourth-order valence-electron chi connectivity index (χ4n) is 3.47. The lowest BCUT2D eigenvalue weighted by atomic mass is 9.77. The van der Waals surface area contributed by atoms with Crippen molar-refractivity contribution in [2.45, 2.75) is 38.6 Å². The summed E-state index contributed by atoms with van der Waals surface area (Å²) in [6.45, 7) is 1.85. The van der Waals surface area contributed by atoms with Gasteiger partial charge in [-0.25, -0.2) is 4.79 Å². The minimum atomic E-state index is -0.946. The Morgan fingerprint density at radius 2 is 2.24 bits per heavy atom. The SMILES string of the molecule is C/C=C1/C(=O)N2C(C(=O)O)=C3CCCC[C@H]3[C@H]12. The molecule has 1 aliphatic carbocycles. The Hall–Kier alpha value is -1.58. The van der Waals surface area contributed by atoms with Crippen molar-refractivity contribution in [1.82, 2.24) is 4.90 Å².